The third kappa shape index (κ3) is 6.94. The lowest BCUT2D eigenvalue weighted by Gasteiger charge is -2.16. The van der Waals surface area contributed by atoms with Crippen molar-refractivity contribution in [3.63, 3.8) is 0 Å². The lowest BCUT2D eigenvalue weighted by molar-refractivity contribution is -0.479. The van der Waals surface area contributed by atoms with E-state index in [2.05, 4.69) is 10.2 Å². The highest BCUT2D eigenvalue weighted by Crippen LogP contribution is 2.39. The third-order valence-electron chi connectivity index (χ3n) is 5.40. The standard InChI is InChI=1S/C26H24Cl2N4O4S/c1-3-35-22-11-9-21(10-12-22)32-17(2)29-30-26(32)37-25(15-31(33)34)19-6-13-24(23(28)14-19)36-16-18-4-7-20(27)8-5-18/h4-14,25H,3,15-16H2,1-2H3/t25-/m0/s1. The van der Waals surface area contributed by atoms with Gasteiger partial charge in [-0.3, -0.25) is 14.7 Å². The monoisotopic (exact) mass is 558 g/mol. The summed E-state index contributed by atoms with van der Waals surface area (Å²) in [5.74, 6) is 1.90. The molecule has 0 bridgehead atoms. The summed E-state index contributed by atoms with van der Waals surface area (Å²) in [5.41, 5.74) is 2.46. The van der Waals surface area contributed by atoms with E-state index < -0.39 is 5.25 Å². The molecule has 0 amide bonds. The van der Waals surface area contributed by atoms with Gasteiger partial charge in [0.25, 0.3) is 0 Å². The maximum Gasteiger partial charge on any atom is 0.220 e. The van der Waals surface area contributed by atoms with E-state index in [0.29, 0.717) is 45.6 Å². The van der Waals surface area contributed by atoms with E-state index in [1.807, 2.05) is 54.8 Å². The minimum absolute atomic E-state index is 0.313. The van der Waals surface area contributed by atoms with Gasteiger partial charge < -0.3 is 9.47 Å². The SMILES string of the molecule is CCOc1ccc(-n2c(C)nnc2S[C@@H](C[N+](=O)[O-])c2ccc(OCc3ccc(Cl)cc3)c(Cl)c2)cc1. The zero-order valence-electron chi connectivity index (χ0n) is 20.1. The Bertz CT molecular complexity index is 1360. The van der Waals surface area contributed by atoms with Crippen molar-refractivity contribution in [2.45, 2.75) is 30.9 Å². The molecule has 0 aliphatic carbocycles. The number of halogens is 2. The molecule has 1 aromatic heterocycles. The zero-order chi connectivity index (χ0) is 26.4. The maximum atomic E-state index is 11.5. The molecule has 192 valence electrons. The second-order valence-corrected chi connectivity index (χ2v) is 10.0. The normalized spacial score (nSPS) is 11.8. The number of thioether (sulfide) groups is 1. The lowest BCUT2D eigenvalue weighted by atomic mass is 10.1. The van der Waals surface area contributed by atoms with Crippen LogP contribution in [0.4, 0.5) is 0 Å². The Morgan fingerprint density at radius 2 is 1.76 bits per heavy atom. The van der Waals surface area contributed by atoms with Crippen LogP contribution in [-0.2, 0) is 6.61 Å². The maximum absolute atomic E-state index is 11.5. The Kier molecular flexibility index (Phi) is 8.91. The largest absolute Gasteiger partial charge is 0.494 e. The van der Waals surface area contributed by atoms with Gasteiger partial charge in [-0.15, -0.1) is 10.2 Å². The number of hydrogen-bond acceptors (Lipinski definition) is 7. The highest BCUT2D eigenvalue weighted by molar-refractivity contribution is 7.99. The summed E-state index contributed by atoms with van der Waals surface area (Å²) in [6.07, 6.45) is 0. The second-order valence-electron chi connectivity index (χ2n) is 8.02. The van der Waals surface area contributed by atoms with E-state index in [0.717, 1.165) is 17.0 Å². The van der Waals surface area contributed by atoms with Gasteiger partial charge in [-0.2, -0.15) is 0 Å². The van der Waals surface area contributed by atoms with Gasteiger partial charge in [0.2, 0.25) is 6.54 Å². The molecule has 0 radical (unpaired) electrons. The fourth-order valence-electron chi connectivity index (χ4n) is 3.62. The molecule has 0 N–H and O–H groups in total. The molecule has 4 rings (SSSR count). The van der Waals surface area contributed by atoms with Crippen LogP contribution in [0.25, 0.3) is 5.69 Å². The Balaban J connectivity index is 1.55. The molecule has 4 aromatic rings. The van der Waals surface area contributed by atoms with Crippen LogP contribution in [0.2, 0.25) is 10.0 Å². The number of ether oxygens (including phenoxy) is 2. The number of benzene rings is 3. The minimum Gasteiger partial charge on any atom is -0.494 e. The first-order chi connectivity index (χ1) is 17.8. The molecule has 0 saturated carbocycles. The summed E-state index contributed by atoms with van der Waals surface area (Å²) in [6.45, 7) is 4.32. The predicted molar refractivity (Wildman–Crippen MR) is 145 cm³/mol. The molecule has 3 aromatic carbocycles. The van der Waals surface area contributed by atoms with Crippen molar-refractivity contribution in [3.05, 3.63) is 104 Å². The summed E-state index contributed by atoms with van der Waals surface area (Å²) < 4.78 is 13.2. The van der Waals surface area contributed by atoms with Crippen LogP contribution < -0.4 is 9.47 Å². The van der Waals surface area contributed by atoms with Crippen LogP contribution in [0.1, 0.15) is 29.1 Å². The highest BCUT2D eigenvalue weighted by Gasteiger charge is 2.24. The molecular formula is C26H24Cl2N4O4S. The molecule has 0 aliphatic rings. The smallest absolute Gasteiger partial charge is 0.220 e. The van der Waals surface area contributed by atoms with E-state index in [-0.39, 0.29) is 11.5 Å². The molecular weight excluding hydrogens is 535 g/mol. The first kappa shape index (κ1) is 26.8. The first-order valence-corrected chi connectivity index (χ1v) is 13.1. The van der Waals surface area contributed by atoms with Crippen molar-refractivity contribution in [2.24, 2.45) is 0 Å². The summed E-state index contributed by atoms with van der Waals surface area (Å²) in [7, 11) is 0. The van der Waals surface area contributed by atoms with Gasteiger partial charge in [0, 0.05) is 15.6 Å². The van der Waals surface area contributed by atoms with E-state index in [1.165, 1.54) is 11.8 Å². The second kappa shape index (κ2) is 12.3. The van der Waals surface area contributed by atoms with Gasteiger partial charge in [-0.25, -0.2) is 0 Å². The predicted octanol–water partition coefficient (Wildman–Crippen LogP) is 6.97. The van der Waals surface area contributed by atoms with Gasteiger partial charge in [-0.05, 0) is 73.5 Å². The van der Waals surface area contributed by atoms with E-state index in [1.54, 1.807) is 30.3 Å². The van der Waals surface area contributed by atoms with E-state index in [9.17, 15) is 10.1 Å². The molecule has 8 nitrogen and oxygen atoms in total. The molecule has 37 heavy (non-hydrogen) atoms. The average Bonchev–Trinajstić information content (AvgIpc) is 3.24. The van der Waals surface area contributed by atoms with Gasteiger partial charge in [0.1, 0.15) is 29.2 Å². The van der Waals surface area contributed by atoms with Crippen molar-refractivity contribution in [2.75, 3.05) is 13.2 Å². The number of hydrogen-bond donors (Lipinski definition) is 0. The van der Waals surface area contributed by atoms with Crippen LogP contribution in [0, 0.1) is 17.0 Å². The molecule has 0 aliphatic heterocycles. The number of rotatable bonds is 11. The van der Waals surface area contributed by atoms with Gasteiger partial charge in [0.05, 0.1) is 11.6 Å². The van der Waals surface area contributed by atoms with Crippen molar-refractivity contribution in [1.82, 2.24) is 14.8 Å². The summed E-state index contributed by atoms with van der Waals surface area (Å²) in [5, 5.41) is 21.0. The van der Waals surface area contributed by atoms with E-state index in [4.69, 9.17) is 32.7 Å². The van der Waals surface area contributed by atoms with Crippen molar-refractivity contribution < 1.29 is 14.4 Å². The van der Waals surface area contributed by atoms with Crippen molar-refractivity contribution in [3.8, 4) is 17.2 Å². The molecule has 11 heteroatoms. The molecule has 1 heterocycles. The Morgan fingerprint density at radius 1 is 1.03 bits per heavy atom. The molecule has 0 spiro atoms. The minimum atomic E-state index is -0.553. The number of nitro groups is 1. The van der Waals surface area contributed by atoms with Gasteiger partial charge in [-0.1, -0.05) is 53.2 Å². The van der Waals surface area contributed by atoms with Crippen LogP contribution in [0.5, 0.6) is 11.5 Å². The van der Waals surface area contributed by atoms with Crippen LogP contribution in [0.3, 0.4) is 0 Å². The number of nitrogens with zero attached hydrogens (tertiary/aromatic N) is 4. The fourth-order valence-corrected chi connectivity index (χ4v) is 5.16. The van der Waals surface area contributed by atoms with Crippen LogP contribution in [-0.4, -0.2) is 32.8 Å². The highest BCUT2D eigenvalue weighted by atomic mass is 35.5. The van der Waals surface area contributed by atoms with E-state index >= 15 is 0 Å². The first-order valence-electron chi connectivity index (χ1n) is 11.4. The van der Waals surface area contributed by atoms with Gasteiger partial charge in [0.15, 0.2) is 5.16 Å². The summed E-state index contributed by atoms with van der Waals surface area (Å²) in [6, 6.07) is 20.1. The van der Waals surface area contributed by atoms with Crippen LogP contribution in [0.15, 0.2) is 71.9 Å². The molecule has 0 saturated heterocycles. The summed E-state index contributed by atoms with van der Waals surface area (Å²) >= 11 is 13.7. The van der Waals surface area contributed by atoms with Crippen molar-refractivity contribution >= 4 is 35.0 Å². The fraction of sp³-hybridized carbons (Fsp3) is 0.231. The summed E-state index contributed by atoms with van der Waals surface area (Å²) in [4.78, 5) is 11.2. The Hall–Kier alpha value is -3.27. The number of aromatic nitrogens is 3. The van der Waals surface area contributed by atoms with Gasteiger partial charge >= 0.3 is 0 Å². The molecule has 1 atom stereocenters. The van der Waals surface area contributed by atoms with Crippen molar-refractivity contribution in [1.29, 1.82) is 0 Å². The Morgan fingerprint density at radius 3 is 2.41 bits per heavy atom. The third-order valence-corrected chi connectivity index (χ3v) is 7.13. The zero-order valence-corrected chi connectivity index (χ0v) is 22.5. The lowest BCUT2D eigenvalue weighted by Crippen LogP contribution is -2.11. The quantitative estimate of drug-likeness (QED) is 0.111. The topological polar surface area (TPSA) is 92.3 Å². The Labute approximate surface area is 228 Å². The number of aryl methyl sites for hydroxylation is 1. The van der Waals surface area contributed by atoms with Crippen LogP contribution >= 0.6 is 35.0 Å². The average molecular weight is 559 g/mol. The molecule has 0 unspecified atom stereocenters. The molecule has 0 fully saturated rings.